The zero-order valence-electron chi connectivity index (χ0n) is 17.1. The van der Waals surface area contributed by atoms with Crippen molar-refractivity contribution in [3.63, 3.8) is 0 Å². The maximum atomic E-state index is 6.12. The third-order valence-electron chi connectivity index (χ3n) is 5.69. The van der Waals surface area contributed by atoms with Crippen LogP contribution in [0.15, 0.2) is 99.9 Å². The van der Waals surface area contributed by atoms with Crippen molar-refractivity contribution in [2.24, 2.45) is 0 Å². The van der Waals surface area contributed by atoms with Crippen molar-refractivity contribution in [3.8, 4) is 22.8 Å². The molecule has 154 valence electrons. The fourth-order valence-electron chi connectivity index (χ4n) is 4.15. The van der Waals surface area contributed by atoms with E-state index in [0.29, 0.717) is 11.6 Å². The summed E-state index contributed by atoms with van der Waals surface area (Å²) in [6.07, 6.45) is 9.30. The minimum Gasteiger partial charge on any atom is -0.456 e. The van der Waals surface area contributed by atoms with Gasteiger partial charge in [0.1, 0.15) is 17.0 Å². The predicted molar refractivity (Wildman–Crippen MR) is 131 cm³/mol. The van der Waals surface area contributed by atoms with Gasteiger partial charge in [-0.15, -0.1) is 0 Å². The lowest BCUT2D eigenvalue weighted by atomic mass is 9.99. The molecule has 5 heteroatoms. The molecule has 5 aromatic rings. The summed E-state index contributed by atoms with van der Waals surface area (Å²) in [7, 11) is 0. The lowest BCUT2D eigenvalue weighted by molar-refractivity contribution is 0.669. The number of halogens is 1. The fraction of sp³-hybridized carbons (Fsp3) is 0.0741. The lowest BCUT2D eigenvalue weighted by Gasteiger charge is -2.14. The molecule has 0 bridgehead atoms. The average molecular weight is 480 g/mol. The molecule has 3 aromatic carbocycles. The first-order valence-corrected chi connectivity index (χ1v) is 11.3. The first-order valence-electron chi connectivity index (χ1n) is 10.5. The van der Waals surface area contributed by atoms with Gasteiger partial charge >= 0.3 is 0 Å². The maximum absolute atomic E-state index is 6.12. The highest BCUT2D eigenvalue weighted by Crippen LogP contribution is 2.37. The normalized spacial score (nSPS) is 15.6. The molecule has 0 aliphatic heterocycles. The van der Waals surface area contributed by atoms with Gasteiger partial charge in [0.05, 0.1) is 0 Å². The Labute approximate surface area is 193 Å². The fourth-order valence-corrected chi connectivity index (χ4v) is 4.51. The number of hydrogen-bond donors (Lipinski definition) is 0. The van der Waals surface area contributed by atoms with E-state index >= 15 is 0 Å². The number of rotatable bonds is 3. The summed E-state index contributed by atoms with van der Waals surface area (Å²) in [4.78, 5) is 14.7. The van der Waals surface area contributed by atoms with Crippen LogP contribution in [0.4, 0.5) is 0 Å². The van der Waals surface area contributed by atoms with E-state index in [1.807, 2.05) is 54.6 Å². The number of aromatic nitrogens is 3. The van der Waals surface area contributed by atoms with Gasteiger partial charge in [-0.25, -0.2) is 15.0 Å². The molecule has 0 N–H and O–H groups in total. The van der Waals surface area contributed by atoms with Crippen molar-refractivity contribution in [2.75, 3.05) is 0 Å². The first-order chi connectivity index (χ1) is 15.8. The molecule has 32 heavy (non-hydrogen) atoms. The minimum absolute atomic E-state index is 0.124. The number of furan rings is 1. The molecule has 0 amide bonds. The van der Waals surface area contributed by atoms with Gasteiger partial charge in [0.25, 0.3) is 0 Å². The summed E-state index contributed by atoms with van der Waals surface area (Å²) < 4.78 is 7.12. The van der Waals surface area contributed by atoms with Gasteiger partial charge in [-0.1, -0.05) is 82.7 Å². The van der Waals surface area contributed by atoms with Gasteiger partial charge in [-0.2, -0.15) is 0 Å². The summed E-state index contributed by atoms with van der Waals surface area (Å²) in [5, 5.41) is 2.05. The highest BCUT2D eigenvalue weighted by Gasteiger charge is 2.20. The molecule has 6 rings (SSSR count). The van der Waals surface area contributed by atoms with Gasteiger partial charge in [0.15, 0.2) is 11.6 Å². The Morgan fingerprint density at radius 3 is 2.53 bits per heavy atom. The number of benzene rings is 3. The van der Waals surface area contributed by atoms with Crippen molar-refractivity contribution in [1.29, 1.82) is 0 Å². The van der Waals surface area contributed by atoms with Crippen LogP contribution >= 0.6 is 15.9 Å². The van der Waals surface area contributed by atoms with Crippen LogP contribution in [0, 0.1) is 0 Å². The summed E-state index contributed by atoms with van der Waals surface area (Å²) in [5.74, 6) is 2.24. The molecule has 2 aromatic heterocycles. The zero-order chi connectivity index (χ0) is 21.5. The van der Waals surface area contributed by atoms with E-state index in [9.17, 15) is 0 Å². The van der Waals surface area contributed by atoms with E-state index in [2.05, 4.69) is 52.4 Å². The van der Waals surface area contributed by atoms with Gasteiger partial charge < -0.3 is 4.42 Å². The summed E-state index contributed by atoms with van der Waals surface area (Å²) in [5.41, 5.74) is 3.57. The third kappa shape index (κ3) is 3.35. The van der Waals surface area contributed by atoms with Crippen LogP contribution in [0.3, 0.4) is 0 Å². The van der Waals surface area contributed by atoms with Crippen LogP contribution in [0.1, 0.15) is 18.2 Å². The largest absolute Gasteiger partial charge is 0.456 e. The van der Waals surface area contributed by atoms with Crippen molar-refractivity contribution < 1.29 is 4.42 Å². The molecule has 2 heterocycles. The Kier molecular flexibility index (Phi) is 4.69. The minimum atomic E-state index is 0.124. The van der Waals surface area contributed by atoms with E-state index in [1.54, 1.807) is 0 Å². The summed E-state index contributed by atoms with van der Waals surface area (Å²) in [6.45, 7) is 0. The van der Waals surface area contributed by atoms with Crippen molar-refractivity contribution in [3.05, 3.63) is 101 Å². The Hall–Kier alpha value is -3.57. The van der Waals surface area contributed by atoms with Crippen LogP contribution in [0.2, 0.25) is 0 Å². The van der Waals surface area contributed by atoms with Crippen LogP contribution in [0.5, 0.6) is 0 Å². The van der Waals surface area contributed by atoms with E-state index in [4.69, 9.17) is 19.4 Å². The van der Waals surface area contributed by atoms with Gasteiger partial charge in [-0.05, 0) is 30.7 Å². The molecule has 0 saturated carbocycles. The van der Waals surface area contributed by atoms with Crippen LogP contribution in [0.25, 0.3) is 44.7 Å². The second-order valence-corrected chi connectivity index (χ2v) is 8.70. The van der Waals surface area contributed by atoms with Crippen LogP contribution in [-0.2, 0) is 0 Å². The molecule has 0 radical (unpaired) electrons. The molecule has 1 aliphatic carbocycles. The average Bonchev–Trinajstić information content (AvgIpc) is 3.23. The monoisotopic (exact) mass is 479 g/mol. The smallest absolute Gasteiger partial charge is 0.164 e. The number of allylic oxidation sites excluding steroid dienone is 4. The third-order valence-corrected chi connectivity index (χ3v) is 6.19. The van der Waals surface area contributed by atoms with Gasteiger partial charge in [0.2, 0.25) is 0 Å². The Bertz CT molecular complexity index is 1520. The first kappa shape index (κ1) is 19.1. The second-order valence-electron chi connectivity index (χ2n) is 7.78. The highest BCUT2D eigenvalue weighted by molar-refractivity contribution is 9.10. The number of nitrogens with zero attached hydrogens (tertiary/aromatic N) is 3. The maximum Gasteiger partial charge on any atom is 0.164 e. The second kappa shape index (κ2) is 7.84. The van der Waals surface area contributed by atoms with Gasteiger partial charge in [0, 0.05) is 32.3 Å². The zero-order valence-corrected chi connectivity index (χ0v) is 18.7. The van der Waals surface area contributed by atoms with Gasteiger partial charge in [-0.3, -0.25) is 0 Å². The topological polar surface area (TPSA) is 51.8 Å². The molecule has 1 aliphatic rings. The molecule has 4 nitrogen and oxygen atoms in total. The molecular weight excluding hydrogens is 462 g/mol. The quantitative estimate of drug-likeness (QED) is 0.269. The van der Waals surface area contributed by atoms with E-state index in [0.717, 1.165) is 49.8 Å². The van der Waals surface area contributed by atoms with Crippen LogP contribution < -0.4 is 0 Å². The Balaban J connectivity index is 1.62. The number of hydrogen-bond acceptors (Lipinski definition) is 4. The van der Waals surface area contributed by atoms with Crippen molar-refractivity contribution >= 4 is 37.9 Å². The lowest BCUT2D eigenvalue weighted by Crippen LogP contribution is -2.07. The van der Waals surface area contributed by atoms with Crippen LogP contribution in [-0.4, -0.2) is 15.0 Å². The standard InChI is InChI=1S/C27H18BrN3O/c28-19-14-15-22-21(16-19)24-20(12-7-13-23(24)32-22)27-30-25(17-8-3-1-4-9-17)29-26(31-27)18-10-5-2-6-11-18/h1-10,12-16,18H,11H2. The summed E-state index contributed by atoms with van der Waals surface area (Å²) >= 11 is 3.59. The predicted octanol–water partition coefficient (Wildman–Crippen LogP) is 7.47. The molecular formula is C27H18BrN3O. The highest BCUT2D eigenvalue weighted by atomic mass is 79.9. The number of fused-ring (bicyclic) bond motifs is 3. The molecule has 1 unspecified atom stereocenters. The Morgan fingerprint density at radius 1 is 0.812 bits per heavy atom. The van der Waals surface area contributed by atoms with E-state index < -0.39 is 0 Å². The molecule has 0 fully saturated rings. The molecule has 0 spiro atoms. The van der Waals surface area contributed by atoms with E-state index in [-0.39, 0.29) is 5.92 Å². The van der Waals surface area contributed by atoms with E-state index in [1.165, 1.54) is 0 Å². The van der Waals surface area contributed by atoms with Crippen molar-refractivity contribution in [2.45, 2.75) is 12.3 Å². The SMILES string of the molecule is Brc1ccc2oc3cccc(-c4nc(-c5ccccc5)nc(C5C=CC=CC5)n4)c3c2c1. The molecule has 0 saturated heterocycles. The Morgan fingerprint density at radius 2 is 1.69 bits per heavy atom. The van der Waals surface area contributed by atoms with Crippen molar-refractivity contribution in [1.82, 2.24) is 15.0 Å². The molecule has 1 atom stereocenters. The summed E-state index contributed by atoms with van der Waals surface area (Å²) in [6, 6.07) is 22.2.